The number of nitrogens with two attached hydrogens (primary N) is 1. The van der Waals surface area contributed by atoms with Crippen LogP contribution in [-0.4, -0.2) is 23.1 Å². The van der Waals surface area contributed by atoms with E-state index in [-0.39, 0.29) is 0 Å². The molecule has 0 radical (unpaired) electrons. The van der Waals surface area contributed by atoms with Crippen molar-refractivity contribution in [2.75, 3.05) is 18.4 Å². The van der Waals surface area contributed by atoms with Crippen LogP contribution in [0.1, 0.15) is 37.7 Å². The Bertz CT molecular complexity index is 318. The van der Waals surface area contributed by atoms with Crippen molar-refractivity contribution in [3.8, 4) is 0 Å². The maximum absolute atomic E-state index is 5.54. The van der Waals surface area contributed by atoms with Crippen LogP contribution in [0.4, 0.5) is 5.95 Å². The first kappa shape index (κ1) is 11.3. The molecule has 1 atom stereocenters. The van der Waals surface area contributed by atoms with Crippen molar-refractivity contribution in [2.45, 2.75) is 32.1 Å². The predicted molar refractivity (Wildman–Crippen MR) is 65.3 cm³/mol. The molecule has 4 heteroatoms. The molecular formula is C12H20N4. The number of nitrogens with one attached hydrogen (secondary N) is 1. The fourth-order valence-corrected chi connectivity index (χ4v) is 1.73. The second kappa shape index (κ2) is 5.25. The Kier molecular flexibility index (Phi) is 3.72. The molecule has 0 spiro atoms. The highest BCUT2D eigenvalue weighted by Gasteiger charge is 2.19. The fourth-order valence-electron chi connectivity index (χ4n) is 1.73. The lowest BCUT2D eigenvalue weighted by molar-refractivity contribution is 0.418. The van der Waals surface area contributed by atoms with Crippen molar-refractivity contribution >= 4 is 5.95 Å². The Morgan fingerprint density at radius 3 is 2.62 bits per heavy atom. The molecule has 0 aliphatic heterocycles. The van der Waals surface area contributed by atoms with Gasteiger partial charge in [-0.15, -0.1) is 0 Å². The molecule has 1 saturated carbocycles. The minimum atomic E-state index is 0.454. The third-order valence-corrected chi connectivity index (χ3v) is 3.26. The maximum atomic E-state index is 5.54. The molecule has 3 N–H and O–H groups in total. The van der Waals surface area contributed by atoms with Crippen molar-refractivity contribution in [2.24, 2.45) is 11.7 Å². The molecule has 1 aromatic heterocycles. The summed E-state index contributed by atoms with van der Waals surface area (Å²) in [5.41, 5.74) is 6.83. The Morgan fingerprint density at radius 2 is 2.12 bits per heavy atom. The summed E-state index contributed by atoms with van der Waals surface area (Å²) in [4.78, 5) is 8.65. The highest BCUT2D eigenvalue weighted by atomic mass is 15.1. The quantitative estimate of drug-likeness (QED) is 0.793. The van der Waals surface area contributed by atoms with E-state index in [1.165, 1.54) is 24.8 Å². The van der Waals surface area contributed by atoms with Gasteiger partial charge in [0.05, 0.1) is 0 Å². The Hall–Kier alpha value is -1.16. The number of aromatic nitrogens is 2. The SMILES string of the molecule is CC(CN)CNc1ncc(C2CCC2)cn1. The van der Waals surface area contributed by atoms with Crippen molar-refractivity contribution in [3.05, 3.63) is 18.0 Å². The third-order valence-electron chi connectivity index (χ3n) is 3.26. The summed E-state index contributed by atoms with van der Waals surface area (Å²) in [6, 6.07) is 0. The zero-order chi connectivity index (χ0) is 11.4. The number of rotatable bonds is 5. The average molecular weight is 220 g/mol. The van der Waals surface area contributed by atoms with Gasteiger partial charge in [-0.2, -0.15) is 0 Å². The number of hydrogen-bond donors (Lipinski definition) is 2. The molecule has 2 rings (SSSR count). The van der Waals surface area contributed by atoms with Gasteiger partial charge in [-0.25, -0.2) is 9.97 Å². The summed E-state index contributed by atoms with van der Waals surface area (Å²) >= 11 is 0. The van der Waals surface area contributed by atoms with Crippen LogP contribution in [0.5, 0.6) is 0 Å². The number of hydrogen-bond acceptors (Lipinski definition) is 4. The van der Waals surface area contributed by atoms with Gasteiger partial charge in [0, 0.05) is 18.9 Å². The van der Waals surface area contributed by atoms with Gasteiger partial charge in [0.25, 0.3) is 0 Å². The van der Waals surface area contributed by atoms with Crippen LogP contribution < -0.4 is 11.1 Å². The molecule has 1 aliphatic rings. The van der Waals surface area contributed by atoms with Crippen LogP contribution in [0.15, 0.2) is 12.4 Å². The minimum absolute atomic E-state index is 0.454. The first-order chi connectivity index (χ1) is 7.79. The zero-order valence-corrected chi connectivity index (χ0v) is 9.82. The molecule has 1 heterocycles. The zero-order valence-electron chi connectivity index (χ0n) is 9.82. The summed E-state index contributed by atoms with van der Waals surface area (Å²) < 4.78 is 0. The van der Waals surface area contributed by atoms with Crippen LogP contribution in [0, 0.1) is 5.92 Å². The lowest BCUT2D eigenvalue weighted by Gasteiger charge is -2.25. The standard InChI is InChI=1S/C12H20N4/c1-9(5-13)6-14-12-15-7-11(8-16-12)10-3-2-4-10/h7-10H,2-6,13H2,1H3,(H,14,15,16). The van der Waals surface area contributed by atoms with E-state index in [0.29, 0.717) is 24.3 Å². The summed E-state index contributed by atoms with van der Waals surface area (Å²) in [5, 5.41) is 3.20. The van der Waals surface area contributed by atoms with Crippen molar-refractivity contribution in [1.82, 2.24) is 9.97 Å². The predicted octanol–water partition coefficient (Wildman–Crippen LogP) is 1.75. The first-order valence-electron chi connectivity index (χ1n) is 6.05. The monoisotopic (exact) mass is 220 g/mol. The largest absolute Gasteiger partial charge is 0.354 e. The fraction of sp³-hybridized carbons (Fsp3) is 0.667. The van der Waals surface area contributed by atoms with Crippen molar-refractivity contribution < 1.29 is 0 Å². The van der Waals surface area contributed by atoms with Crippen LogP contribution in [0.25, 0.3) is 0 Å². The van der Waals surface area contributed by atoms with E-state index in [9.17, 15) is 0 Å². The van der Waals surface area contributed by atoms with Gasteiger partial charge >= 0.3 is 0 Å². The minimum Gasteiger partial charge on any atom is -0.354 e. The molecule has 88 valence electrons. The molecule has 0 saturated heterocycles. The number of nitrogens with zero attached hydrogens (tertiary/aromatic N) is 2. The summed E-state index contributed by atoms with van der Waals surface area (Å²) in [7, 11) is 0. The van der Waals surface area contributed by atoms with Crippen LogP contribution in [-0.2, 0) is 0 Å². The summed E-state index contributed by atoms with van der Waals surface area (Å²) in [6.45, 7) is 3.63. The van der Waals surface area contributed by atoms with Crippen LogP contribution in [0.2, 0.25) is 0 Å². The van der Waals surface area contributed by atoms with Gasteiger partial charge in [0.15, 0.2) is 0 Å². The van der Waals surface area contributed by atoms with Gasteiger partial charge in [-0.05, 0) is 36.8 Å². The molecular weight excluding hydrogens is 200 g/mol. The van der Waals surface area contributed by atoms with E-state index in [1.54, 1.807) is 0 Å². The Balaban J connectivity index is 1.86. The normalized spacial score (nSPS) is 17.9. The van der Waals surface area contributed by atoms with Crippen molar-refractivity contribution in [3.63, 3.8) is 0 Å². The first-order valence-corrected chi connectivity index (χ1v) is 6.05. The van der Waals surface area contributed by atoms with Gasteiger partial charge < -0.3 is 11.1 Å². The Labute approximate surface area is 96.7 Å². The number of anilines is 1. The lowest BCUT2D eigenvalue weighted by atomic mass is 9.81. The molecule has 1 fully saturated rings. The van der Waals surface area contributed by atoms with Gasteiger partial charge in [-0.3, -0.25) is 0 Å². The summed E-state index contributed by atoms with van der Waals surface area (Å²) in [5.74, 6) is 1.87. The Morgan fingerprint density at radius 1 is 1.44 bits per heavy atom. The maximum Gasteiger partial charge on any atom is 0.222 e. The van der Waals surface area contributed by atoms with E-state index in [4.69, 9.17) is 5.73 Å². The molecule has 1 aliphatic carbocycles. The van der Waals surface area contributed by atoms with Gasteiger partial charge in [-0.1, -0.05) is 13.3 Å². The highest BCUT2D eigenvalue weighted by Crippen LogP contribution is 2.35. The van der Waals surface area contributed by atoms with Crippen molar-refractivity contribution in [1.29, 1.82) is 0 Å². The van der Waals surface area contributed by atoms with E-state index in [0.717, 1.165) is 6.54 Å². The highest BCUT2D eigenvalue weighted by molar-refractivity contribution is 5.26. The topological polar surface area (TPSA) is 63.8 Å². The molecule has 0 amide bonds. The molecule has 0 aromatic carbocycles. The molecule has 0 bridgehead atoms. The second-order valence-electron chi connectivity index (χ2n) is 4.69. The van der Waals surface area contributed by atoms with E-state index in [2.05, 4.69) is 22.2 Å². The molecule has 1 unspecified atom stereocenters. The van der Waals surface area contributed by atoms with Crippen LogP contribution in [0.3, 0.4) is 0 Å². The van der Waals surface area contributed by atoms with Crippen LogP contribution >= 0.6 is 0 Å². The molecule has 1 aromatic rings. The smallest absolute Gasteiger partial charge is 0.222 e. The van der Waals surface area contributed by atoms with E-state index < -0.39 is 0 Å². The van der Waals surface area contributed by atoms with Gasteiger partial charge in [0.2, 0.25) is 5.95 Å². The molecule has 4 nitrogen and oxygen atoms in total. The molecule has 16 heavy (non-hydrogen) atoms. The summed E-state index contributed by atoms with van der Waals surface area (Å²) in [6.07, 6.45) is 7.83. The van der Waals surface area contributed by atoms with E-state index >= 15 is 0 Å². The van der Waals surface area contributed by atoms with Gasteiger partial charge in [0.1, 0.15) is 0 Å². The van der Waals surface area contributed by atoms with E-state index in [1.807, 2.05) is 12.4 Å². The average Bonchev–Trinajstić information content (AvgIpc) is 2.25. The third kappa shape index (κ3) is 2.70. The lowest BCUT2D eigenvalue weighted by Crippen LogP contribution is -2.20. The second-order valence-corrected chi connectivity index (χ2v) is 4.69.